The summed E-state index contributed by atoms with van der Waals surface area (Å²) in [6, 6.07) is 9.96. The normalized spacial score (nSPS) is 13.9. The number of urea groups is 1. The smallest absolute Gasteiger partial charge is 0.315 e. The third-order valence-electron chi connectivity index (χ3n) is 4.14. The van der Waals surface area contributed by atoms with Gasteiger partial charge in [-0.25, -0.2) is 4.79 Å². The van der Waals surface area contributed by atoms with Crippen molar-refractivity contribution in [3.63, 3.8) is 0 Å². The Morgan fingerprint density at radius 1 is 1.09 bits per heavy atom. The molecule has 1 aliphatic heterocycles. The van der Waals surface area contributed by atoms with E-state index in [0.717, 1.165) is 37.5 Å². The van der Waals surface area contributed by atoms with E-state index < -0.39 is 0 Å². The minimum absolute atomic E-state index is 0.160. The topological polar surface area (TPSA) is 71.8 Å². The predicted molar refractivity (Wildman–Crippen MR) is 88.0 cm³/mol. The van der Waals surface area contributed by atoms with E-state index in [-0.39, 0.29) is 6.03 Å². The fourth-order valence-corrected chi connectivity index (χ4v) is 2.86. The first-order valence-electron chi connectivity index (χ1n) is 8.29. The van der Waals surface area contributed by atoms with Gasteiger partial charge in [0.2, 0.25) is 0 Å². The summed E-state index contributed by atoms with van der Waals surface area (Å²) in [7, 11) is 0. The molecule has 0 fully saturated rings. The van der Waals surface area contributed by atoms with Crippen molar-refractivity contribution < 1.29 is 4.79 Å². The highest BCUT2D eigenvalue weighted by molar-refractivity contribution is 5.73. The molecule has 0 radical (unpaired) electrons. The average Bonchev–Trinajstić information content (AvgIpc) is 2.80. The Labute approximate surface area is 136 Å². The Morgan fingerprint density at radius 3 is 2.83 bits per heavy atom. The molecule has 0 bridgehead atoms. The molecule has 1 aromatic carbocycles. The summed E-state index contributed by atoms with van der Waals surface area (Å²) in [5.74, 6) is 1.89. The summed E-state index contributed by atoms with van der Waals surface area (Å²) >= 11 is 0. The second-order valence-electron chi connectivity index (χ2n) is 5.84. The number of aryl methyl sites for hydroxylation is 1. The number of fused-ring (bicyclic) bond motifs is 1. The van der Waals surface area contributed by atoms with E-state index in [1.165, 1.54) is 18.4 Å². The monoisotopic (exact) mass is 313 g/mol. The van der Waals surface area contributed by atoms with Crippen molar-refractivity contribution in [2.75, 3.05) is 6.54 Å². The fraction of sp³-hybridized carbons (Fsp3) is 0.471. The van der Waals surface area contributed by atoms with Crippen LogP contribution in [0.15, 0.2) is 30.3 Å². The summed E-state index contributed by atoms with van der Waals surface area (Å²) in [5, 5.41) is 14.2. The minimum atomic E-state index is -0.160. The lowest BCUT2D eigenvalue weighted by molar-refractivity contribution is 0.240. The van der Waals surface area contributed by atoms with Crippen molar-refractivity contribution in [3.8, 4) is 0 Å². The molecule has 2 aromatic rings. The Balaban J connectivity index is 1.43. The van der Waals surface area contributed by atoms with Crippen LogP contribution in [0.25, 0.3) is 0 Å². The average molecular weight is 313 g/mol. The van der Waals surface area contributed by atoms with Gasteiger partial charge in [-0.2, -0.15) is 0 Å². The number of benzene rings is 1. The highest BCUT2D eigenvalue weighted by Crippen LogP contribution is 2.14. The van der Waals surface area contributed by atoms with Gasteiger partial charge in [-0.1, -0.05) is 36.8 Å². The van der Waals surface area contributed by atoms with Crippen molar-refractivity contribution >= 4 is 6.03 Å². The zero-order valence-electron chi connectivity index (χ0n) is 13.3. The number of hydrogen-bond donors (Lipinski definition) is 2. The van der Waals surface area contributed by atoms with Crippen LogP contribution in [0.4, 0.5) is 4.79 Å². The first-order valence-corrected chi connectivity index (χ1v) is 8.29. The first-order chi connectivity index (χ1) is 11.3. The van der Waals surface area contributed by atoms with Gasteiger partial charge in [0.15, 0.2) is 5.82 Å². The van der Waals surface area contributed by atoms with Crippen LogP contribution in [-0.2, 0) is 25.9 Å². The van der Waals surface area contributed by atoms with Crippen LogP contribution < -0.4 is 10.6 Å². The Kier molecular flexibility index (Phi) is 5.24. The van der Waals surface area contributed by atoms with Crippen molar-refractivity contribution in [2.45, 2.75) is 45.2 Å². The lowest BCUT2D eigenvalue weighted by Gasteiger charge is -2.09. The fourth-order valence-electron chi connectivity index (χ4n) is 2.86. The van der Waals surface area contributed by atoms with E-state index in [1.807, 2.05) is 18.2 Å². The van der Waals surface area contributed by atoms with Crippen LogP contribution in [0.1, 0.15) is 36.5 Å². The molecule has 2 N–H and O–H groups in total. The summed E-state index contributed by atoms with van der Waals surface area (Å²) in [6.45, 7) is 1.99. The molecule has 0 atom stereocenters. The molecule has 23 heavy (non-hydrogen) atoms. The molecule has 6 heteroatoms. The van der Waals surface area contributed by atoms with Gasteiger partial charge in [0.05, 0.1) is 6.54 Å². The van der Waals surface area contributed by atoms with Gasteiger partial charge in [0.1, 0.15) is 5.82 Å². The maximum atomic E-state index is 11.9. The predicted octanol–water partition coefficient (Wildman–Crippen LogP) is 2.05. The standard InChI is InChI=1S/C17H23N5O/c23-17(18-11-10-14-7-3-1-4-8-14)19-13-16-21-20-15-9-5-2-6-12-22(15)16/h1,3-4,7-8H,2,5-6,9-13H2,(H2,18,19,23). The number of carbonyl (C=O) groups excluding carboxylic acids is 1. The third kappa shape index (κ3) is 4.31. The molecule has 0 spiro atoms. The van der Waals surface area contributed by atoms with Gasteiger partial charge in [0.25, 0.3) is 0 Å². The van der Waals surface area contributed by atoms with Crippen LogP contribution >= 0.6 is 0 Å². The molecule has 122 valence electrons. The Hall–Kier alpha value is -2.37. The maximum Gasteiger partial charge on any atom is 0.315 e. The quantitative estimate of drug-likeness (QED) is 0.887. The van der Waals surface area contributed by atoms with Crippen LogP contribution in [0.3, 0.4) is 0 Å². The molecule has 0 aliphatic carbocycles. The summed E-state index contributed by atoms with van der Waals surface area (Å²) in [5.41, 5.74) is 1.22. The highest BCUT2D eigenvalue weighted by Gasteiger charge is 2.14. The lowest BCUT2D eigenvalue weighted by atomic mass is 10.1. The lowest BCUT2D eigenvalue weighted by Crippen LogP contribution is -2.36. The van der Waals surface area contributed by atoms with Gasteiger partial charge in [-0.3, -0.25) is 0 Å². The molecule has 0 saturated heterocycles. The van der Waals surface area contributed by atoms with Gasteiger partial charge in [-0.05, 0) is 24.8 Å². The number of nitrogens with one attached hydrogen (secondary N) is 2. The van der Waals surface area contributed by atoms with Gasteiger partial charge in [0, 0.05) is 19.5 Å². The van der Waals surface area contributed by atoms with E-state index in [4.69, 9.17) is 0 Å². The van der Waals surface area contributed by atoms with E-state index in [0.29, 0.717) is 13.1 Å². The number of aromatic nitrogens is 3. The Bertz CT molecular complexity index is 638. The molecule has 1 aromatic heterocycles. The SMILES string of the molecule is O=C(NCCc1ccccc1)NCc1nnc2n1CCCCC2. The number of amides is 2. The third-order valence-corrected chi connectivity index (χ3v) is 4.14. The summed E-state index contributed by atoms with van der Waals surface area (Å²) < 4.78 is 2.15. The minimum Gasteiger partial charge on any atom is -0.338 e. The van der Waals surface area contributed by atoms with Crippen LogP contribution in [0.5, 0.6) is 0 Å². The van der Waals surface area contributed by atoms with Crippen LogP contribution in [0.2, 0.25) is 0 Å². The number of carbonyl (C=O) groups is 1. The number of nitrogens with zero attached hydrogens (tertiary/aromatic N) is 3. The molecule has 1 aliphatic rings. The number of hydrogen-bond acceptors (Lipinski definition) is 3. The Morgan fingerprint density at radius 2 is 1.96 bits per heavy atom. The molecule has 2 amide bonds. The van der Waals surface area contributed by atoms with E-state index >= 15 is 0 Å². The first kappa shape index (κ1) is 15.5. The molecule has 3 rings (SSSR count). The summed E-state index contributed by atoms with van der Waals surface area (Å²) in [4.78, 5) is 11.9. The number of rotatable bonds is 5. The van der Waals surface area contributed by atoms with Crippen LogP contribution in [0, 0.1) is 0 Å². The molecule has 6 nitrogen and oxygen atoms in total. The van der Waals surface area contributed by atoms with E-state index in [1.54, 1.807) is 0 Å². The van der Waals surface area contributed by atoms with Crippen molar-refractivity contribution in [1.29, 1.82) is 0 Å². The van der Waals surface area contributed by atoms with Crippen molar-refractivity contribution in [1.82, 2.24) is 25.4 Å². The van der Waals surface area contributed by atoms with Crippen molar-refractivity contribution in [2.24, 2.45) is 0 Å². The zero-order valence-corrected chi connectivity index (χ0v) is 13.3. The van der Waals surface area contributed by atoms with E-state index in [2.05, 4.69) is 37.5 Å². The second kappa shape index (κ2) is 7.76. The van der Waals surface area contributed by atoms with Gasteiger partial charge >= 0.3 is 6.03 Å². The summed E-state index contributed by atoms with van der Waals surface area (Å²) in [6.07, 6.45) is 5.37. The molecule has 0 saturated carbocycles. The van der Waals surface area contributed by atoms with Gasteiger partial charge in [-0.15, -0.1) is 10.2 Å². The van der Waals surface area contributed by atoms with E-state index in [9.17, 15) is 4.79 Å². The molecule has 0 unspecified atom stereocenters. The zero-order chi connectivity index (χ0) is 15.9. The molecular weight excluding hydrogens is 290 g/mol. The van der Waals surface area contributed by atoms with Gasteiger partial charge < -0.3 is 15.2 Å². The maximum absolute atomic E-state index is 11.9. The molecular formula is C17H23N5O. The second-order valence-corrected chi connectivity index (χ2v) is 5.84. The highest BCUT2D eigenvalue weighted by atomic mass is 16.2. The molecule has 2 heterocycles. The van der Waals surface area contributed by atoms with Crippen LogP contribution in [-0.4, -0.2) is 27.3 Å². The van der Waals surface area contributed by atoms with Crippen molar-refractivity contribution in [3.05, 3.63) is 47.5 Å². The largest absolute Gasteiger partial charge is 0.338 e.